The Morgan fingerprint density at radius 2 is 1.87 bits per heavy atom. The standard InChI is InChI=1S/C19H23ClF2IN3O4S/c1-18(2,3)30-17(29)25-19(23,10-24-15(27)12-8-13(20)31-9-12)16(28)26-6-4-11(5-7-26)14(21)22/h8-9H,4-7,10H2,1-3H3,(H,24,27)(H,25,29)/t19-/m1/s1. The van der Waals surface area contributed by atoms with E-state index in [1.54, 1.807) is 48.7 Å². The van der Waals surface area contributed by atoms with Crippen LogP contribution in [0.1, 0.15) is 44.0 Å². The van der Waals surface area contributed by atoms with Crippen molar-refractivity contribution in [3.05, 3.63) is 33.0 Å². The molecule has 1 fully saturated rings. The van der Waals surface area contributed by atoms with Gasteiger partial charge in [0.1, 0.15) is 5.60 Å². The maximum atomic E-state index is 13.2. The number of amides is 3. The summed E-state index contributed by atoms with van der Waals surface area (Å²) in [6.07, 6.45) is -2.46. The molecule has 2 rings (SSSR count). The van der Waals surface area contributed by atoms with Crippen LogP contribution in [0, 0.1) is 0 Å². The maximum absolute atomic E-state index is 13.2. The molecule has 3 amide bonds. The molecule has 1 saturated heterocycles. The van der Waals surface area contributed by atoms with E-state index >= 15 is 0 Å². The third kappa shape index (κ3) is 7.56. The van der Waals surface area contributed by atoms with Crippen molar-refractivity contribution in [1.82, 2.24) is 15.5 Å². The first-order chi connectivity index (χ1) is 14.3. The van der Waals surface area contributed by atoms with Crippen molar-refractivity contribution in [2.45, 2.75) is 42.8 Å². The van der Waals surface area contributed by atoms with Crippen LogP contribution < -0.4 is 10.6 Å². The van der Waals surface area contributed by atoms with Crippen molar-refractivity contribution >= 4 is 63.4 Å². The summed E-state index contributed by atoms with van der Waals surface area (Å²) in [6, 6.07) is 1.49. The van der Waals surface area contributed by atoms with Crippen LogP contribution in [-0.4, -0.2) is 51.6 Å². The summed E-state index contributed by atoms with van der Waals surface area (Å²) < 4.78 is 29.8. The molecule has 12 heteroatoms. The highest BCUT2D eigenvalue weighted by atomic mass is 127. The number of piperidine rings is 1. The summed E-state index contributed by atoms with van der Waals surface area (Å²) in [5, 5.41) is 6.72. The maximum Gasteiger partial charge on any atom is 0.409 e. The fraction of sp³-hybridized carbons (Fsp3) is 0.526. The van der Waals surface area contributed by atoms with Gasteiger partial charge < -0.3 is 15.0 Å². The third-order valence-electron chi connectivity index (χ3n) is 4.28. The molecule has 0 saturated carbocycles. The second kappa shape index (κ2) is 10.4. The number of alkyl halides is 1. The highest BCUT2D eigenvalue weighted by Gasteiger charge is 2.42. The number of alkyl carbamates (subject to hydrolysis) is 1. The van der Waals surface area contributed by atoms with Gasteiger partial charge in [0.05, 0.1) is 16.4 Å². The minimum atomic E-state index is -1.72. The van der Waals surface area contributed by atoms with Crippen LogP contribution in [0.3, 0.4) is 0 Å². The summed E-state index contributed by atoms with van der Waals surface area (Å²) in [7, 11) is 0. The van der Waals surface area contributed by atoms with Gasteiger partial charge in [-0.15, -0.1) is 11.3 Å². The van der Waals surface area contributed by atoms with Gasteiger partial charge in [-0.05, 0) is 67.8 Å². The zero-order chi connectivity index (χ0) is 23.4. The van der Waals surface area contributed by atoms with Gasteiger partial charge in [0.2, 0.25) is 0 Å². The van der Waals surface area contributed by atoms with E-state index in [9.17, 15) is 23.2 Å². The van der Waals surface area contributed by atoms with Gasteiger partial charge in [-0.3, -0.25) is 14.9 Å². The molecule has 172 valence electrons. The predicted molar refractivity (Wildman–Crippen MR) is 123 cm³/mol. The van der Waals surface area contributed by atoms with E-state index in [1.807, 2.05) is 0 Å². The van der Waals surface area contributed by atoms with Crippen LogP contribution in [0.2, 0.25) is 4.34 Å². The van der Waals surface area contributed by atoms with Crippen molar-refractivity contribution in [2.75, 3.05) is 19.6 Å². The molecule has 0 aliphatic carbocycles. The average Bonchev–Trinajstić information content (AvgIpc) is 3.10. The van der Waals surface area contributed by atoms with Crippen LogP contribution in [0.25, 0.3) is 0 Å². The lowest BCUT2D eigenvalue weighted by molar-refractivity contribution is -0.134. The number of likely N-dealkylation sites (tertiary alicyclic amines) is 1. The van der Waals surface area contributed by atoms with Crippen molar-refractivity contribution < 1.29 is 27.9 Å². The van der Waals surface area contributed by atoms with E-state index in [0.717, 1.165) is 0 Å². The molecule has 2 heterocycles. The second-order valence-corrected chi connectivity index (χ2v) is 11.3. The van der Waals surface area contributed by atoms with Gasteiger partial charge in [0.15, 0.2) is 3.55 Å². The number of hydrogen-bond donors (Lipinski definition) is 2. The van der Waals surface area contributed by atoms with Crippen LogP contribution in [0.15, 0.2) is 23.1 Å². The average molecular weight is 590 g/mol. The predicted octanol–water partition coefficient (Wildman–Crippen LogP) is 4.56. The number of ether oxygens (including phenoxy) is 1. The van der Waals surface area contributed by atoms with Crippen molar-refractivity contribution in [1.29, 1.82) is 0 Å². The summed E-state index contributed by atoms with van der Waals surface area (Å²) >= 11 is 8.79. The Labute approximate surface area is 201 Å². The summed E-state index contributed by atoms with van der Waals surface area (Å²) in [5.41, 5.74) is -0.458. The molecule has 0 aromatic carbocycles. The Morgan fingerprint density at radius 1 is 1.26 bits per heavy atom. The molecule has 1 aliphatic heterocycles. The Hall–Kier alpha value is -1.47. The summed E-state index contributed by atoms with van der Waals surface area (Å²) in [5.74, 6) is -0.979. The summed E-state index contributed by atoms with van der Waals surface area (Å²) in [4.78, 5) is 39.4. The lowest BCUT2D eigenvalue weighted by Crippen LogP contribution is -2.62. The molecule has 7 nitrogen and oxygen atoms in total. The Kier molecular flexibility index (Phi) is 8.68. The number of nitrogens with one attached hydrogen (secondary N) is 2. The molecular weight excluding hydrogens is 567 g/mol. The largest absolute Gasteiger partial charge is 0.444 e. The number of carbonyl (C=O) groups is 3. The van der Waals surface area contributed by atoms with Crippen molar-refractivity contribution in [3.63, 3.8) is 0 Å². The molecule has 1 aromatic rings. The normalized spacial score (nSPS) is 16.4. The molecule has 1 aromatic heterocycles. The first-order valence-corrected chi connectivity index (χ1v) is 11.7. The number of carbonyl (C=O) groups excluding carboxylic acids is 3. The monoisotopic (exact) mass is 589 g/mol. The molecule has 1 aliphatic rings. The van der Waals surface area contributed by atoms with Gasteiger partial charge in [0, 0.05) is 18.5 Å². The lowest BCUT2D eigenvalue weighted by Gasteiger charge is -2.36. The van der Waals surface area contributed by atoms with E-state index in [4.69, 9.17) is 16.3 Å². The minimum absolute atomic E-state index is 0.0193. The third-order valence-corrected chi connectivity index (χ3v) is 6.49. The minimum Gasteiger partial charge on any atom is -0.444 e. The van der Waals surface area contributed by atoms with Gasteiger partial charge in [-0.25, -0.2) is 4.79 Å². The zero-order valence-corrected chi connectivity index (χ0v) is 20.9. The van der Waals surface area contributed by atoms with Crippen LogP contribution in [0.5, 0.6) is 0 Å². The van der Waals surface area contributed by atoms with Crippen LogP contribution in [0.4, 0.5) is 13.6 Å². The van der Waals surface area contributed by atoms with Gasteiger partial charge in [-0.1, -0.05) is 11.6 Å². The topological polar surface area (TPSA) is 87.7 Å². The van der Waals surface area contributed by atoms with Crippen LogP contribution in [-0.2, 0) is 9.53 Å². The molecular formula is C19H23ClF2IN3O4S. The number of nitrogens with zero attached hydrogens (tertiary/aromatic N) is 1. The molecule has 2 N–H and O–H groups in total. The van der Waals surface area contributed by atoms with E-state index in [0.29, 0.717) is 9.90 Å². The Bertz CT molecular complexity index is 876. The quantitative estimate of drug-likeness (QED) is 0.300. The summed E-state index contributed by atoms with van der Waals surface area (Å²) in [6.45, 7) is 4.95. The second-order valence-electron chi connectivity index (χ2n) is 7.91. The van der Waals surface area contributed by atoms with Gasteiger partial charge >= 0.3 is 6.09 Å². The smallest absolute Gasteiger partial charge is 0.409 e. The molecule has 0 unspecified atom stereocenters. The van der Waals surface area contributed by atoms with E-state index in [-0.39, 0.29) is 38.0 Å². The number of hydrogen-bond acceptors (Lipinski definition) is 5. The highest BCUT2D eigenvalue weighted by Crippen LogP contribution is 2.26. The Balaban J connectivity index is 2.16. The van der Waals surface area contributed by atoms with E-state index in [2.05, 4.69) is 10.6 Å². The Morgan fingerprint density at radius 3 is 2.35 bits per heavy atom. The van der Waals surface area contributed by atoms with Crippen LogP contribution >= 0.6 is 45.5 Å². The van der Waals surface area contributed by atoms with E-state index in [1.165, 1.54) is 22.3 Å². The van der Waals surface area contributed by atoms with Gasteiger partial charge in [0.25, 0.3) is 17.9 Å². The van der Waals surface area contributed by atoms with Crippen molar-refractivity contribution in [2.24, 2.45) is 0 Å². The van der Waals surface area contributed by atoms with Crippen molar-refractivity contribution in [3.8, 4) is 0 Å². The first kappa shape index (κ1) is 25.8. The number of thiophene rings is 1. The highest BCUT2D eigenvalue weighted by molar-refractivity contribution is 14.1. The fourth-order valence-corrected chi connectivity index (χ4v) is 4.40. The first-order valence-electron chi connectivity index (χ1n) is 9.35. The molecule has 0 spiro atoms. The zero-order valence-electron chi connectivity index (χ0n) is 17.2. The fourth-order valence-electron chi connectivity index (χ4n) is 2.79. The lowest BCUT2D eigenvalue weighted by atomic mass is 10.0. The van der Waals surface area contributed by atoms with E-state index < -0.39 is 33.1 Å². The molecule has 1 atom stereocenters. The molecule has 0 radical (unpaired) electrons. The molecule has 0 bridgehead atoms. The number of rotatable bonds is 5. The SMILES string of the molecule is CC(C)(C)OC(=O)N[C@](I)(CNC(=O)c1csc(Cl)c1)C(=O)N1CCC(=C(F)F)CC1. The van der Waals surface area contributed by atoms with Gasteiger partial charge in [-0.2, -0.15) is 8.78 Å². The number of halogens is 4. The molecule has 31 heavy (non-hydrogen) atoms.